The highest BCUT2D eigenvalue weighted by Gasteiger charge is 2.19. The molecule has 5 nitrogen and oxygen atoms in total. The summed E-state index contributed by atoms with van der Waals surface area (Å²) in [6.45, 7) is 4.26. The number of amides is 2. The number of nitrogens with two attached hydrogens (primary N) is 1. The second kappa shape index (κ2) is 7.95. The summed E-state index contributed by atoms with van der Waals surface area (Å²) in [5.41, 5.74) is 6.03. The fourth-order valence-corrected chi connectivity index (χ4v) is 2.68. The quantitative estimate of drug-likeness (QED) is 0.773. The van der Waals surface area contributed by atoms with Gasteiger partial charge in [-0.25, -0.2) is 9.18 Å². The molecule has 1 fully saturated rings. The molecule has 1 saturated heterocycles. The molecule has 0 radical (unpaired) electrons. The van der Waals surface area contributed by atoms with Crippen LogP contribution in [-0.2, 0) is 0 Å². The number of urea groups is 1. The zero-order valence-electron chi connectivity index (χ0n) is 12.1. The van der Waals surface area contributed by atoms with E-state index in [0.717, 1.165) is 32.5 Å². The molecular weight excluding hydrogens is 271 g/mol. The predicted octanol–water partition coefficient (Wildman–Crippen LogP) is 1.62. The highest BCUT2D eigenvalue weighted by Crippen LogP contribution is 2.15. The Labute approximate surface area is 124 Å². The summed E-state index contributed by atoms with van der Waals surface area (Å²) >= 11 is 0. The number of carbonyl (C=O) groups is 1. The van der Waals surface area contributed by atoms with Crippen molar-refractivity contribution in [3.8, 4) is 0 Å². The number of hydrogen-bond acceptors (Lipinski definition) is 3. The number of rotatable bonds is 5. The van der Waals surface area contributed by atoms with Crippen LogP contribution in [0.25, 0.3) is 0 Å². The maximum atomic E-state index is 13.0. The second-order valence-corrected chi connectivity index (χ2v) is 5.44. The van der Waals surface area contributed by atoms with Crippen molar-refractivity contribution < 1.29 is 9.18 Å². The molecule has 2 amide bonds. The van der Waals surface area contributed by atoms with Crippen molar-refractivity contribution in [2.75, 3.05) is 38.0 Å². The van der Waals surface area contributed by atoms with Gasteiger partial charge in [0.15, 0.2) is 0 Å². The van der Waals surface area contributed by atoms with E-state index < -0.39 is 0 Å². The molecule has 0 spiro atoms. The van der Waals surface area contributed by atoms with Gasteiger partial charge < -0.3 is 21.3 Å². The lowest BCUT2D eigenvalue weighted by Crippen LogP contribution is -2.43. The molecule has 1 aliphatic heterocycles. The van der Waals surface area contributed by atoms with Crippen LogP contribution in [0.5, 0.6) is 0 Å². The fraction of sp³-hybridized carbons (Fsp3) is 0.533. The second-order valence-electron chi connectivity index (χ2n) is 5.44. The van der Waals surface area contributed by atoms with E-state index in [4.69, 9.17) is 5.73 Å². The zero-order chi connectivity index (χ0) is 15.1. The monoisotopic (exact) mass is 294 g/mol. The van der Waals surface area contributed by atoms with E-state index in [-0.39, 0.29) is 11.8 Å². The smallest absolute Gasteiger partial charge is 0.319 e. The summed E-state index contributed by atoms with van der Waals surface area (Å²) in [5.74, 6) is 0.0843. The molecule has 1 atom stereocenters. The lowest BCUT2D eigenvalue weighted by molar-refractivity contribution is 0.177. The number of likely N-dealkylation sites (tertiary alicyclic amines) is 1. The fourth-order valence-electron chi connectivity index (χ4n) is 2.68. The molecule has 2 rings (SSSR count). The van der Waals surface area contributed by atoms with Gasteiger partial charge in [0.2, 0.25) is 0 Å². The first-order valence-electron chi connectivity index (χ1n) is 7.40. The van der Waals surface area contributed by atoms with Crippen LogP contribution in [0.2, 0.25) is 0 Å². The van der Waals surface area contributed by atoms with Gasteiger partial charge in [-0.1, -0.05) is 6.07 Å². The summed E-state index contributed by atoms with van der Waals surface area (Å²) in [4.78, 5) is 14.1. The van der Waals surface area contributed by atoms with Crippen molar-refractivity contribution in [2.45, 2.75) is 12.8 Å². The molecule has 6 heteroatoms. The van der Waals surface area contributed by atoms with Gasteiger partial charge in [-0.05, 0) is 43.5 Å². The number of anilines is 1. The first-order valence-corrected chi connectivity index (χ1v) is 7.40. The van der Waals surface area contributed by atoms with Gasteiger partial charge in [-0.2, -0.15) is 0 Å². The number of carbonyl (C=O) groups excluding carboxylic acids is 1. The Hall–Kier alpha value is -1.66. The largest absolute Gasteiger partial charge is 0.338 e. The maximum absolute atomic E-state index is 13.0. The van der Waals surface area contributed by atoms with Crippen molar-refractivity contribution >= 4 is 11.7 Å². The highest BCUT2D eigenvalue weighted by atomic mass is 19.1. The molecule has 0 aliphatic carbocycles. The van der Waals surface area contributed by atoms with Gasteiger partial charge >= 0.3 is 6.03 Å². The van der Waals surface area contributed by atoms with Crippen LogP contribution >= 0.6 is 0 Å². The summed E-state index contributed by atoms with van der Waals surface area (Å²) in [7, 11) is 0. The topological polar surface area (TPSA) is 70.4 Å². The van der Waals surface area contributed by atoms with Gasteiger partial charge in [0.1, 0.15) is 5.82 Å². The zero-order valence-corrected chi connectivity index (χ0v) is 12.1. The average molecular weight is 294 g/mol. The molecule has 1 heterocycles. The first kappa shape index (κ1) is 15.7. The van der Waals surface area contributed by atoms with Gasteiger partial charge in [-0.15, -0.1) is 0 Å². The third kappa shape index (κ3) is 5.32. The number of benzene rings is 1. The first-order chi connectivity index (χ1) is 10.2. The number of hydrogen-bond donors (Lipinski definition) is 3. The van der Waals surface area contributed by atoms with Gasteiger partial charge in [0.25, 0.3) is 0 Å². The van der Waals surface area contributed by atoms with E-state index in [1.807, 2.05) is 0 Å². The minimum Gasteiger partial charge on any atom is -0.338 e. The van der Waals surface area contributed by atoms with Crippen LogP contribution in [0.15, 0.2) is 24.3 Å². The van der Waals surface area contributed by atoms with Gasteiger partial charge in [0.05, 0.1) is 0 Å². The summed E-state index contributed by atoms with van der Waals surface area (Å²) in [5, 5.41) is 5.49. The van der Waals surface area contributed by atoms with Crippen LogP contribution in [0, 0.1) is 11.7 Å². The molecular formula is C15H23FN4O. The molecule has 1 aliphatic rings. The van der Waals surface area contributed by atoms with E-state index in [1.165, 1.54) is 12.1 Å². The molecule has 4 N–H and O–H groups in total. The highest BCUT2D eigenvalue weighted by molar-refractivity contribution is 5.89. The summed E-state index contributed by atoms with van der Waals surface area (Å²) in [6.07, 6.45) is 2.25. The lowest BCUT2D eigenvalue weighted by atomic mass is 9.98. The minimum absolute atomic E-state index is 0.295. The van der Waals surface area contributed by atoms with E-state index in [2.05, 4.69) is 15.5 Å². The Kier molecular flexibility index (Phi) is 5.95. The Morgan fingerprint density at radius 1 is 1.48 bits per heavy atom. The molecule has 0 saturated carbocycles. The number of nitrogens with one attached hydrogen (secondary N) is 2. The predicted molar refractivity (Wildman–Crippen MR) is 81.6 cm³/mol. The van der Waals surface area contributed by atoms with Crippen molar-refractivity contribution in [3.63, 3.8) is 0 Å². The van der Waals surface area contributed by atoms with Crippen LogP contribution < -0.4 is 16.4 Å². The Bertz CT molecular complexity index is 467. The summed E-state index contributed by atoms with van der Waals surface area (Å²) in [6, 6.07) is 5.57. The average Bonchev–Trinajstić information content (AvgIpc) is 2.46. The number of halogens is 1. The molecule has 1 aromatic rings. The van der Waals surface area contributed by atoms with Crippen LogP contribution in [0.3, 0.4) is 0 Å². The third-order valence-electron chi connectivity index (χ3n) is 3.68. The number of nitrogens with zero attached hydrogens (tertiary/aromatic N) is 1. The van der Waals surface area contributed by atoms with Crippen LogP contribution in [0.1, 0.15) is 12.8 Å². The molecule has 0 bridgehead atoms. The Morgan fingerprint density at radius 2 is 2.33 bits per heavy atom. The van der Waals surface area contributed by atoms with Crippen molar-refractivity contribution in [1.29, 1.82) is 0 Å². The SMILES string of the molecule is NCCN1CCCC(CNC(=O)Nc2cccc(F)c2)C1. The van der Waals surface area contributed by atoms with Crippen LogP contribution in [0.4, 0.5) is 14.9 Å². The standard InChI is InChI=1S/C15H23FN4O/c16-13-4-1-5-14(9-13)19-15(21)18-10-12-3-2-7-20(11-12)8-6-17/h1,4-5,9,12H,2-3,6-8,10-11,17H2,(H2,18,19,21). The van der Waals surface area contributed by atoms with Crippen molar-refractivity contribution in [1.82, 2.24) is 10.2 Å². The summed E-state index contributed by atoms with van der Waals surface area (Å²) < 4.78 is 13.0. The Morgan fingerprint density at radius 3 is 3.10 bits per heavy atom. The van der Waals surface area contributed by atoms with Crippen molar-refractivity contribution in [3.05, 3.63) is 30.1 Å². The van der Waals surface area contributed by atoms with Gasteiger partial charge in [-0.3, -0.25) is 0 Å². The molecule has 1 aromatic carbocycles. The minimum atomic E-state index is -0.363. The lowest BCUT2D eigenvalue weighted by Gasteiger charge is -2.32. The molecule has 0 aromatic heterocycles. The van der Waals surface area contributed by atoms with E-state index >= 15 is 0 Å². The van der Waals surface area contributed by atoms with Gasteiger partial charge in [0, 0.05) is 31.9 Å². The third-order valence-corrected chi connectivity index (χ3v) is 3.68. The van der Waals surface area contributed by atoms with Crippen LogP contribution in [-0.4, -0.2) is 43.7 Å². The molecule has 21 heavy (non-hydrogen) atoms. The normalized spacial score (nSPS) is 19.2. The molecule has 1 unspecified atom stereocenters. The molecule has 116 valence electrons. The number of piperidine rings is 1. The van der Waals surface area contributed by atoms with Crippen molar-refractivity contribution in [2.24, 2.45) is 11.7 Å². The van der Waals surface area contributed by atoms with E-state index in [9.17, 15) is 9.18 Å². The Balaban J connectivity index is 1.73. The van der Waals surface area contributed by atoms with E-state index in [1.54, 1.807) is 12.1 Å². The van der Waals surface area contributed by atoms with E-state index in [0.29, 0.717) is 24.7 Å². The maximum Gasteiger partial charge on any atom is 0.319 e.